The molecule has 1 aromatic carbocycles. The van der Waals surface area contributed by atoms with Crippen molar-refractivity contribution in [2.45, 2.75) is 19.9 Å². The second-order valence-corrected chi connectivity index (χ2v) is 6.01. The van der Waals surface area contributed by atoms with E-state index in [-0.39, 0.29) is 18.6 Å². The van der Waals surface area contributed by atoms with Gasteiger partial charge in [-0.05, 0) is 32.0 Å². The smallest absolute Gasteiger partial charge is 0.265 e. The van der Waals surface area contributed by atoms with Gasteiger partial charge in [-0.25, -0.2) is 13.8 Å². The lowest BCUT2D eigenvalue weighted by Crippen LogP contribution is -2.37. The summed E-state index contributed by atoms with van der Waals surface area (Å²) in [5, 5.41) is 9.58. The fourth-order valence-corrected chi connectivity index (χ4v) is 2.88. The number of likely N-dealkylation sites (N-methyl/N-ethyl adjacent to an activating group) is 1. The fraction of sp³-hybridized carbons (Fsp3) is 0.333. The van der Waals surface area contributed by atoms with E-state index in [1.165, 1.54) is 11.0 Å². The molecule has 0 saturated carbocycles. The van der Waals surface area contributed by atoms with Crippen molar-refractivity contribution in [2.75, 3.05) is 13.7 Å². The Kier molecular flexibility index (Phi) is 4.87. The number of hydrogen-bond donors (Lipinski definition) is 1. The van der Waals surface area contributed by atoms with Crippen molar-refractivity contribution in [3.63, 3.8) is 0 Å². The third-order valence-corrected chi connectivity index (χ3v) is 4.60. The van der Waals surface area contributed by atoms with Crippen LogP contribution in [0.1, 0.15) is 22.3 Å². The second-order valence-electron chi connectivity index (χ2n) is 5.01. The Hall–Kier alpha value is -1.86. The summed E-state index contributed by atoms with van der Waals surface area (Å²) in [4.78, 5) is 18.5. The lowest BCUT2D eigenvalue weighted by Gasteiger charge is -2.22. The van der Waals surface area contributed by atoms with Crippen molar-refractivity contribution in [1.82, 2.24) is 9.88 Å². The summed E-state index contributed by atoms with van der Waals surface area (Å²) >= 11 is 1.12. The molecule has 7 heteroatoms. The van der Waals surface area contributed by atoms with Crippen LogP contribution < -0.4 is 0 Å². The van der Waals surface area contributed by atoms with Crippen LogP contribution in [-0.2, 0) is 0 Å². The molecule has 0 radical (unpaired) electrons. The maximum atomic E-state index is 13.3. The van der Waals surface area contributed by atoms with E-state index >= 15 is 0 Å². The summed E-state index contributed by atoms with van der Waals surface area (Å²) in [6.45, 7) is 3.27. The van der Waals surface area contributed by atoms with E-state index in [4.69, 9.17) is 5.11 Å². The highest BCUT2D eigenvalue weighted by Crippen LogP contribution is 2.29. The van der Waals surface area contributed by atoms with Gasteiger partial charge < -0.3 is 10.0 Å². The molecule has 0 fully saturated rings. The number of thiazole rings is 1. The first-order chi connectivity index (χ1) is 10.3. The molecule has 4 nitrogen and oxygen atoms in total. The van der Waals surface area contributed by atoms with Gasteiger partial charge in [0, 0.05) is 12.6 Å². The van der Waals surface area contributed by atoms with E-state index in [2.05, 4.69) is 4.98 Å². The second kappa shape index (κ2) is 6.50. The molecule has 0 aliphatic rings. The Labute approximate surface area is 131 Å². The maximum absolute atomic E-state index is 13.3. The van der Waals surface area contributed by atoms with Gasteiger partial charge in [0.25, 0.3) is 5.91 Å². The van der Waals surface area contributed by atoms with Gasteiger partial charge in [-0.2, -0.15) is 0 Å². The van der Waals surface area contributed by atoms with E-state index in [9.17, 15) is 13.6 Å². The van der Waals surface area contributed by atoms with Gasteiger partial charge in [-0.15, -0.1) is 11.3 Å². The van der Waals surface area contributed by atoms with Gasteiger partial charge in [0.2, 0.25) is 0 Å². The Morgan fingerprint density at radius 3 is 2.68 bits per heavy atom. The Morgan fingerprint density at radius 1 is 1.41 bits per heavy atom. The first-order valence-corrected chi connectivity index (χ1v) is 7.47. The number of halogens is 2. The predicted octanol–water partition coefficient (Wildman–Crippen LogP) is 2.85. The molecule has 22 heavy (non-hydrogen) atoms. The standard InChI is InChI=1S/C15H16F2N2O2S/c1-8(7-20)19(3)15(21)13-9(2)18-14(22-13)10-4-5-11(16)12(17)6-10/h4-6,8,20H,7H2,1-3H3. The Bertz CT molecular complexity index is 703. The first kappa shape index (κ1) is 16.5. The number of aliphatic hydroxyl groups is 1. The Morgan fingerprint density at radius 2 is 2.09 bits per heavy atom. The highest BCUT2D eigenvalue weighted by Gasteiger charge is 2.22. The molecule has 1 aromatic heterocycles. The number of amides is 1. The van der Waals surface area contributed by atoms with Crippen LogP contribution in [0.15, 0.2) is 18.2 Å². The van der Waals surface area contributed by atoms with Gasteiger partial charge in [0.15, 0.2) is 11.6 Å². The van der Waals surface area contributed by atoms with Gasteiger partial charge in [-0.1, -0.05) is 0 Å². The largest absolute Gasteiger partial charge is 0.394 e. The van der Waals surface area contributed by atoms with Crippen LogP contribution in [-0.4, -0.2) is 40.6 Å². The molecule has 0 aliphatic carbocycles. The highest BCUT2D eigenvalue weighted by atomic mass is 32.1. The van der Waals surface area contributed by atoms with E-state index in [1.807, 2.05) is 0 Å². The summed E-state index contributed by atoms with van der Waals surface area (Å²) in [5.74, 6) is -2.14. The number of carbonyl (C=O) groups is 1. The molecule has 2 rings (SSSR count). The monoisotopic (exact) mass is 326 g/mol. The number of aliphatic hydroxyl groups excluding tert-OH is 1. The average molecular weight is 326 g/mol. The molecule has 1 amide bonds. The molecule has 2 aromatic rings. The third kappa shape index (κ3) is 3.15. The van der Waals surface area contributed by atoms with Crippen molar-refractivity contribution >= 4 is 17.2 Å². The van der Waals surface area contributed by atoms with Crippen LogP contribution in [0.4, 0.5) is 8.78 Å². The average Bonchev–Trinajstić information content (AvgIpc) is 2.89. The lowest BCUT2D eigenvalue weighted by atomic mass is 10.2. The van der Waals surface area contributed by atoms with E-state index < -0.39 is 11.6 Å². The molecule has 1 N–H and O–H groups in total. The molecule has 1 atom stereocenters. The molecule has 0 aliphatic heterocycles. The van der Waals surface area contributed by atoms with Crippen molar-refractivity contribution in [3.8, 4) is 10.6 Å². The summed E-state index contributed by atoms with van der Waals surface area (Å²) in [6, 6.07) is 3.19. The number of rotatable bonds is 4. The number of aromatic nitrogens is 1. The molecule has 1 heterocycles. The van der Waals surface area contributed by atoms with Crippen molar-refractivity contribution in [2.24, 2.45) is 0 Å². The quantitative estimate of drug-likeness (QED) is 0.940. The van der Waals surface area contributed by atoms with E-state index in [1.54, 1.807) is 20.9 Å². The maximum Gasteiger partial charge on any atom is 0.265 e. The van der Waals surface area contributed by atoms with Gasteiger partial charge in [0.1, 0.15) is 9.88 Å². The number of aryl methyl sites for hydroxylation is 1. The molecule has 0 saturated heterocycles. The Balaban J connectivity index is 2.35. The first-order valence-electron chi connectivity index (χ1n) is 6.66. The summed E-state index contributed by atoms with van der Waals surface area (Å²) in [6.07, 6.45) is 0. The fourth-order valence-electron chi connectivity index (χ4n) is 1.83. The zero-order chi connectivity index (χ0) is 16.4. The van der Waals surface area contributed by atoms with Gasteiger partial charge in [0.05, 0.1) is 18.3 Å². The minimum Gasteiger partial charge on any atom is -0.394 e. The summed E-state index contributed by atoms with van der Waals surface area (Å²) < 4.78 is 26.3. The SMILES string of the molecule is Cc1nc(-c2ccc(F)c(F)c2)sc1C(=O)N(C)C(C)CO. The topological polar surface area (TPSA) is 53.4 Å². The minimum atomic E-state index is -0.954. The molecular weight excluding hydrogens is 310 g/mol. The van der Waals surface area contributed by atoms with Gasteiger partial charge >= 0.3 is 0 Å². The van der Waals surface area contributed by atoms with Crippen LogP contribution in [0.25, 0.3) is 10.6 Å². The third-order valence-electron chi connectivity index (χ3n) is 3.40. The van der Waals surface area contributed by atoms with Crippen LogP contribution in [0.3, 0.4) is 0 Å². The van der Waals surface area contributed by atoms with Crippen LogP contribution in [0.2, 0.25) is 0 Å². The molecule has 0 bridgehead atoms. The van der Waals surface area contributed by atoms with Crippen molar-refractivity contribution < 1.29 is 18.7 Å². The zero-order valence-corrected chi connectivity index (χ0v) is 13.2. The van der Waals surface area contributed by atoms with E-state index in [0.717, 1.165) is 23.5 Å². The molecule has 0 spiro atoms. The van der Waals surface area contributed by atoms with Crippen LogP contribution in [0, 0.1) is 18.6 Å². The van der Waals surface area contributed by atoms with Gasteiger partial charge in [-0.3, -0.25) is 4.79 Å². The normalized spacial score (nSPS) is 12.3. The highest BCUT2D eigenvalue weighted by molar-refractivity contribution is 7.17. The van der Waals surface area contributed by atoms with Crippen molar-refractivity contribution in [3.05, 3.63) is 40.4 Å². The summed E-state index contributed by atoms with van der Waals surface area (Å²) in [5.41, 5.74) is 0.940. The molecule has 118 valence electrons. The molecule has 1 unspecified atom stereocenters. The summed E-state index contributed by atoms with van der Waals surface area (Å²) in [7, 11) is 1.60. The lowest BCUT2D eigenvalue weighted by molar-refractivity contribution is 0.0686. The predicted molar refractivity (Wildman–Crippen MR) is 80.8 cm³/mol. The number of nitrogens with zero attached hydrogens (tertiary/aromatic N) is 2. The minimum absolute atomic E-state index is 0.143. The van der Waals surface area contributed by atoms with Crippen molar-refractivity contribution in [1.29, 1.82) is 0 Å². The van der Waals surface area contributed by atoms with E-state index in [0.29, 0.717) is 21.1 Å². The number of benzene rings is 1. The zero-order valence-electron chi connectivity index (χ0n) is 12.4. The number of hydrogen-bond acceptors (Lipinski definition) is 4. The van der Waals surface area contributed by atoms with Crippen LogP contribution >= 0.6 is 11.3 Å². The van der Waals surface area contributed by atoms with Crippen LogP contribution in [0.5, 0.6) is 0 Å². The number of carbonyl (C=O) groups excluding carboxylic acids is 1. The molecular formula is C15H16F2N2O2S.